The topological polar surface area (TPSA) is 110 Å². The first-order chi connectivity index (χ1) is 7.94. The van der Waals surface area contributed by atoms with Crippen LogP contribution >= 0.6 is 11.8 Å². The molecule has 8 heteroatoms. The monoisotopic (exact) mass is 260 g/mol. The van der Waals surface area contributed by atoms with Crippen LogP contribution in [0.4, 0.5) is 4.79 Å². The predicted molar refractivity (Wildman–Crippen MR) is 58.2 cm³/mol. The average Bonchev–Trinajstić information content (AvgIpc) is 2.26. The molecule has 0 aliphatic carbocycles. The number of nitrogens with zero attached hydrogens (tertiary/aromatic N) is 1. The molecule has 0 saturated carbocycles. The molecule has 7 nitrogen and oxygen atoms in total. The van der Waals surface area contributed by atoms with Crippen LogP contribution in [0.2, 0.25) is 0 Å². The highest BCUT2D eigenvalue weighted by atomic mass is 32.2. The van der Waals surface area contributed by atoms with Gasteiger partial charge in [-0.3, -0.25) is 9.59 Å². The summed E-state index contributed by atoms with van der Waals surface area (Å²) < 4.78 is 4.60. The van der Waals surface area contributed by atoms with E-state index in [0.717, 1.165) is 0 Å². The normalized spacial score (nSPS) is 31.4. The smallest absolute Gasteiger partial charge is 0.404 e. The molecular weight excluding hydrogens is 248 g/mol. The van der Waals surface area contributed by atoms with Crippen molar-refractivity contribution in [2.75, 3.05) is 18.9 Å². The second-order valence-corrected chi connectivity index (χ2v) is 5.35. The van der Waals surface area contributed by atoms with Gasteiger partial charge in [0.1, 0.15) is 12.0 Å². The lowest BCUT2D eigenvalue weighted by Crippen LogP contribution is -2.62. The Hall–Kier alpha value is -1.44. The van der Waals surface area contributed by atoms with Gasteiger partial charge in [0.25, 0.3) is 0 Å². The molecule has 0 radical (unpaired) electrons. The number of thioether (sulfide) groups is 1. The highest BCUT2D eigenvalue weighted by Crippen LogP contribution is 2.42. The molecule has 2 heterocycles. The fraction of sp³-hybridized carbons (Fsp3) is 0.667. The lowest BCUT2D eigenvalue weighted by atomic mass is 9.89. The molecule has 2 fully saturated rings. The molecule has 0 aromatic carbocycles. The maximum Gasteiger partial charge on any atom is 0.404 e. The first-order valence-corrected chi connectivity index (χ1v) is 6.06. The van der Waals surface area contributed by atoms with Crippen molar-refractivity contribution in [2.45, 2.75) is 11.8 Å². The van der Waals surface area contributed by atoms with Crippen LogP contribution in [-0.2, 0) is 14.3 Å². The van der Waals surface area contributed by atoms with E-state index in [9.17, 15) is 19.5 Å². The summed E-state index contributed by atoms with van der Waals surface area (Å²) in [4.78, 5) is 34.6. The van der Waals surface area contributed by atoms with Gasteiger partial charge >= 0.3 is 12.1 Å². The molecule has 0 bridgehead atoms. The fourth-order valence-electron chi connectivity index (χ4n) is 1.88. The van der Waals surface area contributed by atoms with Gasteiger partial charge in [0.15, 0.2) is 0 Å². The maximum atomic E-state index is 11.3. The van der Waals surface area contributed by atoms with Crippen molar-refractivity contribution < 1.29 is 24.2 Å². The number of ether oxygens (including phenoxy) is 1. The number of carboxylic acid groups (broad SMARTS) is 1. The Bertz CT molecular complexity index is 388. The van der Waals surface area contributed by atoms with E-state index in [4.69, 9.17) is 5.73 Å². The number of primary amides is 1. The SMILES string of the molecule is NC(=O)OCC1(C(=O)O)CS[C@@H]2CC(=O)N2C1. The summed E-state index contributed by atoms with van der Waals surface area (Å²) in [6, 6.07) is 0. The molecule has 3 N–H and O–H groups in total. The third kappa shape index (κ3) is 2.04. The van der Waals surface area contributed by atoms with E-state index in [1.165, 1.54) is 16.7 Å². The summed E-state index contributed by atoms with van der Waals surface area (Å²) in [6.45, 7) is -0.229. The second kappa shape index (κ2) is 4.10. The Balaban J connectivity index is 2.09. The van der Waals surface area contributed by atoms with Gasteiger partial charge in [-0.25, -0.2) is 4.79 Å². The number of carbonyl (C=O) groups is 3. The van der Waals surface area contributed by atoms with E-state index in [-0.39, 0.29) is 24.4 Å². The zero-order valence-electron chi connectivity index (χ0n) is 8.92. The van der Waals surface area contributed by atoms with E-state index in [0.29, 0.717) is 12.2 Å². The number of fused-ring (bicyclic) bond motifs is 1. The number of rotatable bonds is 3. The summed E-state index contributed by atoms with van der Waals surface area (Å²) in [5.74, 6) is -0.833. The third-order valence-electron chi connectivity index (χ3n) is 2.99. The van der Waals surface area contributed by atoms with Gasteiger partial charge < -0.3 is 20.5 Å². The Morgan fingerprint density at radius 3 is 2.88 bits per heavy atom. The zero-order chi connectivity index (χ0) is 12.6. The van der Waals surface area contributed by atoms with Crippen LogP contribution in [0.5, 0.6) is 0 Å². The molecule has 0 aromatic rings. The number of aliphatic carboxylic acids is 1. The van der Waals surface area contributed by atoms with E-state index in [2.05, 4.69) is 4.74 Å². The predicted octanol–water partition coefficient (Wildman–Crippen LogP) is -0.542. The van der Waals surface area contributed by atoms with Crippen molar-refractivity contribution in [1.82, 2.24) is 4.90 Å². The molecular formula is C9H12N2O5S. The number of carboxylic acids is 1. The number of hydrogen-bond acceptors (Lipinski definition) is 5. The van der Waals surface area contributed by atoms with Gasteiger partial charge in [-0.2, -0.15) is 0 Å². The van der Waals surface area contributed by atoms with Gasteiger partial charge in [0, 0.05) is 12.3 Å². The third-order valence-corrected chi connectivity index (χ3v) is 4.51. The van der Waals surface area contributed by atoms with Gasteiger partial charge in [-0.1, -0.05) is 0 Å². The van der Waals surface area contributed by atoms with E-state index in [1.807, 2.05) is 0 Å². The van der Waals surface area contributed by atoms with Crippen molar-refractivity contribution >= 4 is 29.7 Å². The minimum Gasteiger partial charge on any atom is -0.481 e. The summed E-state index contributed by atoms with van der Waals surface area (Å²) in [7, 11) is 0. The van der Waals surface area contributed by atoms with Crippen LogP contribution in [0.3, 0.4) is 0 Å². The Labute approximate surface area is 101 Å². The number of hydrogen-bond donors (Lipinski definition) is 2. The molecule has 2 aliphatic rings. The molecule has 2 amide bonds. The van der Waals surface area contributed by atoms with Crippen molar-refractivity contribution in [3.8, 4) is 0 Å². The fourth-order valence-corrected chi connectivity index (χ4v) is 3.32. The highest BCUT2D eigenvalue weighted by molar-refractivity contribution is 8.00. The van der Waals surface area contributed by atoms with Gasteiger partial charge in [-0.05, 0) is 0 Å². The molecule has 0 spiro atoms. The van der Waals surface area contributed by atoms with Crippen LogP contribution < -0.4 is 5.73 Å². The van der Waals surface area contributed by atoms with E-state index < -0.39 is 17.5 Å². The summed E-state index contributed by atoms with van der Waals surface area (Å²) in [5, 5.41) is 9.31. The largest absolute Gasteiger partial charge is 0.481 e. The number of carbonyl (C=O) groups excluding carboxylic acids is 2. The second-order valence-electron chi connectivity index (χ2n) is 4.18. The highest BCUT2D eigenvalue weighted by Gasteiger charge is 2.52. The molecule has 2 saturated heterocycles. The van der Waals surface area contributed by atoms with Gasteiger partial charge in [0.2, 0.25) is 5.91 Å². The van der Waals surface area contributed by atoms with E-state index >= 15 is 0 Å². The molecule has 17 heavy (non-hydrogen) atoms. The summed E-state index contributed by atoms with van der Waals surface area (Å²) in [5.41, 5.74) is 3.59. The van der Waals surface area contributed by atoms with Crippen LogP contribution in [0, 0.1) is 5.41 Å². The van der Waals surface area contributed by atoms with E-state index in [1.54, 1.807) is 0 Å². The minimum atomic E-state index is -1.24. The van der Waals surface area contributed by atoms with Crippen LogP contribution in [0.15, 0.2) is 0 Å². The molecule has 94 valence electrons. The van der Waals surface area contributed by atoms with Crippen molar-refractivity contribution in [3.05, 3.63) is 0 Å². The summed E-state index contributed by atoms with van der Waals surface area (Å²) >= 11 is 1.40. The zero-order valence-corrected chi connectivity index (χ0v) is 9.74. The lowest BCUT2D eigenvalue weighted by molar-refractivity contribution is -0.157. The minimum absolute atomic E-state index is 0.0631. The first kappa shape index (κ1) is 12.0. The number of β-lactam (4-membered cyclic amide) rings is 1. The molecule has 2 rings (SSSR count). The van der Waals surface area contributed by atoms with Crippen molar-refractivity contribution in [1.29, 1.82) is 0 Å². The van der Waals surface area contributed by atoms with Gasteiger partial charge in [0.05, 0.1) is 11.8 Å². The Kier molecular flexibility index (Phi) is 2.90. The quantitative estimate of drug-likeness (QED) is 0.659. The van der Waals surface area contributed by atoms with Crippen LogP contribution in [0.1, 0.15) is 6.42 Å². The molecule has 2 aliphatic heterocycles. The van der Waals surface area contributed by atoms with Crippen molar-refractivity contribution in [3.63, 3.8) is 0 Å². The molecule has 0 aromatic heterocycles. The standard InChI is InChI=1S/C9H12N2O5S/c10-8(15)16-3-9(7(13)14)2-11-5(12)1-6(11)17-4-9/h6H,1-4H2,(H2,10,15)(H,13,14)/t6-,9?/m1/s1. The Morgan fingerprint density at radius 2 is 2.35 bits per heavy atom. The van der Waals surface area contributed by atoms with Crippen LogP contribution in [-0.4, -0.2) is 52.3 Å². The summed E-state index contributed by atoms with van der Waals surface area (Å²) in [6.07, 6.45) is -0.551. The Morgan fingerprint density at radius 1 is 1.65 bits per heavy atom. The number of nitrogens with two attached hydrogens (primary N) is 1. The van der Waals surface area contributed by atoms with Gasteiger partial charge in [-0.15, -0.1) is 11.8 Å². The lowest BCUT2D eigenvalue weighted by Gasteiger charge is -2.49. The number of amides is 2. The van der Waals surface area contributed by atoms with Crippen molar-refractivity contribution in [2.24, 2.45) is 11.1 Å². The maximum absolute atomic E-state index is 11.3. The van der Waals surface area contributed by atoms with Crippen LogP contribution in [0.25, 0.3) is 0 Å². The first-order valence-electron chi connectivity index (χ1n) is 5.01. The molecule has 2 atom stereocenters. The average molecular weight is 260 g/mol. The molecule has 1 unspecified atom stereocenters.